The summed E-state index contributed by atoms with van der Waals surface area (Å²) in [5.74, 6) is -0.769. The molecule has 2 aromatic rings. The molecule has 22 heavy (non-hydrogen) atoms. The van der Waals surface area contributed by atoms with Gasteiger partial charge in [0.1, 0.15) is 10.0 Å². The number of amides is 1. The molecule has 0 unspecified atom stereocenters. The maximum absolute atomic E-state index is 12.0. The van der Waals surface area contributed by atoms with Crippen molar-refractivity contribution < 1.29 is 42.8 Å². The van der Waals surface area contributed by atoms with Crippen molar-refractivity contribution in [3.8, 4) is 0 Å². The van der Waals surface area contributed by atoms with Crippen LogP contribution in [0.2, 0.25) is 0 Å². The van der Waals surface area contributed by atoms with Crippen LogP contribution in [-0.4, -0.2) is 14.3 Å². The molecular weight excluding hydrogens is 397 g/mol. The third kappa shape index (κ3) is 5.64. The van der Waals surface area contributed by atoms with E-state index >= 15 is 0 Å². The molecular formula is C14H11BrNNaO3S2. The first-order chi connectivity index (χ1) is 9.87. The van der Waals surface area contributed by atoms with E-state index in [1.165, 1.54) is 17.4 Å². The van der Waals surface area contributed by atoms with Crippen molar-refractivity contribution in [2.24, 2.45) is 0 Å². The van der Waals surface area contributed by atoms with E-state index in [1.807, 2.05) is 5.38 Å². The number of halogens is 1. The molecule has 0 spiro atoms. The van der Waals surface area contributed by atoms with Gasteiger partial charge in [-0.2, -0.15) is 11.3 Å². The molecule has 0 saturated carbocycles. The summed E-state index contributed by atoms with van der Waals surface area (Å²) in [6.07, 6.45) is 1.41. The van der Waals surface area contributed by atoms with Crippen LogP contribution in [-0.2, 0) is 10.0 Å². The standard InChI is InChI=1S/C14H12BrNO3S2.Na/c1-10-8-12(15)2-3-13(10)14(17)16-21(18,19)7-5-11-4-6-20-9-11;/h2-9H,1H3,(H,16,17);/q;+1/p-1/b7-5+;. The maximum Gasteiger partial charge on any atom is 1.00 e. The summed E-state index contributed by atoms with van der Waals surface area (Å²) in [4.78, 5) is 12.0. The number of nitrogens with zero attached hydrogens (tertiary/aromatic N) is 1. The molecule has 0 saturated heterocycles. The zero-order valence-electron chi connectivity index (χ0n) is 12.0. The van der Waals surface area contributed by atoms with Crippen molar-refractivity contribution >= 4 is 49.3 Å². The van der Waals surface area contributed by atoms with Crippen LogP contribution < -0.4 is 29.6 Å². The molecule has 0 fully saturated rings. The monoisotopic (exact) mass is 407 g/mol. The smallest absolute Gasteiger partial charge is 0.538 e. The largest absolute Gasteiger partial charge is 1.00 e. The first-order valence-corrected chi connectivity index (χ1v) is 9.10. The Morgan fingerprint density at radius 1 is 1.32 bits per heavy atom. The molecule has 8 heteroatoms. The van der Waals surface area contributed by atoms with Crippen molar-refractivity contribution in [3.05, 3.63) is 66.3 Å². The van der Waals surface area contributed by atoms with E-state index in [4.69, 9.17) is 0 Å². The number of sulfonamides is 1. The van der Waals surface area contributed by atoms with Gasteiger partial charge in [-0.15, -0.1) is 0 Å². The number of thiophene rings is 1. The normalized spacial score (nSPS) is 11.2. The minimum absolute atomic E-state index is 0. The fourth-order valence-electron chi connectivity index (χ4n) is 1.60. The average Bonchev–Trinajstić information content (AvgIpc) is 2.88. The Kier molecular flexibility index (Phi) is 7.51. The molecule has 1 aromatic carbocycles. The first-order valence-electron chi connectivity index (χ1n) is 5.86. The van der Waals surface area contributed by atoms with Gasteiger partial charge in [0.15, 0.2) is 0 Å². The molecule has 0 atom stereocenters. The second kappa shape index (κ2) is 8.42. The van der Waals surface area contributed by atoms with Gasteiger partial charge >= 0.3 is 29.6 Å². The molecule has 0 N–H and O–H groups in total. The van der Waals surface area contributed by atoms with Crippen LogP contribution in [0.5, 0.6) is 0 Å². The van der Waals surface area contributed by atoms with E-state index in [2.05, 4.69) is 20.7 Å². The van der Waals surface area contributed by atoms with E-state index in [0.29, 0.717) is 5.56 Å². The third-order valence-corrected chi connectivity index (χ3v) is 4.70. The Morgan fingerprint density at radius 3 is 2.64 bits per heavy atom. The van der Waals surface area contributed by atoms with Gasteiger partial charge in [-0.1, -0.05) is 22.0 Å². The molecule has 1 heterocycles. The number of carbonyl (C=O) groups is 1. The molecule has 4 nitrogen and oxygen atoms in total. The first kappa shape index (κ1) is 19.6. The zero-order chi connectivity index (χ0) is 15.5. The Labute approximate surface area is 164 Å². The van der Waals surface area contributed by atoms with Crippen molar-refractivity contribution in [1.82, 2.24) is 0 Å². The summed E-state index contributed by atoms with van der Waals surface area (Å²) in [6, 6.07) is 6.72. The zero-order valence-corrected chi connectivity index (χ0v) is 17.2. The van der Waals surface area contributed by atoms with Crippen molar-refractivity contribution in [1.29, 1.82) is 0 Å². The van der Waals surface area contributed by atoms with Gasteiger partial charge in [0.25, 0.3) is 0 Å². The van der Waals surface area contributed by atoms with Gasteiger partial charge in [-0.05, 0) is 53.1 Å². The topological polar surface area (TPSA) is 65.3 Å². The summed E-state index contributed by atoms with van der Waals surface area (Å²) >= 11 is 4.74. The number of aryl methyl sites for hydroxylation is 1. The Balaban J connectivity index is 0.00000242. The Morgan fingerprint density at radius 2 is 2.05 bits per heavy atom. The fourth-order valence-corrected chi connectivity index (χ4v) is 3.42. The van der Waals surface area contributed by atoms with Gasteiger partial charge in [-0.25, -0.2) is 8.42 Å². The minimum Gasteiger partial charge on any atom is -0.538 e. The molecule has 0 radical (unpaired) electrons. The number of hydrogen-bond acceptors (Lipinski definition) is 4. The molecule has 0 aliphatic carbocycles. The van der Waals surface area contributed by atoms with Gasteiger partial charge < -0.3 is 9.52 Å². The van der Waals surface area contributed by atoms with Gasteiger partial charge in [0.2, 0.25) is 0 Å². The SMILES string of the molecule is Cc1cc(Br)ccc1C(=O)[N-]S(=O)(=O)/C=C/c1ccsc1.[Na+]. The summed E-state index contributed by atoms with van der Waals surface area (Å²) in [5.41, 5.74) is 1.69. The Bertz CT molecular complexity index is 786. The van der Waals surface area contributed by atoms with Crippen molar-refractivity contribution in [2.45, 2.75) is 6.92 Å². The molecule has 0 bridgehead atoms. The van der Waals surface area contributed by atoms with Gasteiger partial charge in [0, 0.05) is 15.4 Å². The number of rotatable bonds is 4. The molecule has 110 valence electrons. The van der Waals surface area contributed by atoms with Crippen LogP contribution in [0.3, 0.4) is 0 Å². The summed E-state index contributed by atoms with van der Waals surface area (Å²) in [7, 11) is -3.94. The van der Waals surface area contributed by atoms with Crippen LogP contribution in [0.4, 0.5) is 0 Å². The summed E-state index contributed by atoms with van der Waals surface area (Å²) < 4.78 is 27.7. The predicted molar refractivity (Wildman–Crippen MR) is 88.8 cm³/mol. The fraction of sp³-hybridized carbons (Fsp3) is 0.0714. The van der Waals surface area contributed by atoms with E-state index in [-0.39, 0.29) is 35.1 Å². The molecule has 2 rings (SSSR count). The van der Waals surface area contributed by atoms with Crippen LogP contribution >= 0.6 is 27.3 Å². The van der Waals surface area contributed by atoms with Gasteiger partial charge in [0.05, 0.1) is 5.91 Å². The Hall–Kier alpha value is -0.440. The average molecular weight is 408 g/mol. The molecule has 1 amide bonds. The summed E-state index contributed by atoms with van der Waals surface area (Å²) in [5, 5.41) is 4.56. The van der Waals surface area contributed by atoms with E-state index < -0.39 is 15.9 Å². The quantitative estimate of drug-likeness (QED) is 0.718. The minimum atomic E-state index is -3.94. The third-order valence-electron chi connectivity index (χ3n) is 2.60. The molecule has 0 aliphatic rings. The van der Waals surface area contributed by atoms with Crippen LogP contribution in [0, 0.1) is 6.92 Å². The summed E-state index contributed by atoms with van der Waals surface area (Å²) in [6.45, 7) is 1.72. The predicted octanol–water partition coefficient (Wildman–Crippen LogP) is 1.34. The van der Waals surface area contributed by atoms with Crippen LogP contribution in [0.1, 0.15) is 21.5 Å². The maximum atomic E-state index is 12.0. The van der Waals surface area contributed by atoms with E-state index in [9.17, 15) is 13.2 Å². The van der Waals surface area contributed by atoms with E-state index in [0.717, 1.165) is 15.4 Å². The second-order valence-corrected chi connectivity index (χ2v) is 7.41. The van der Waals surface area contributed by atoms with Crippen LogP contribution in [0.25, 0.3) is 10.8 Å². The number of benzene rings is 1. The van der Waals surface area contributed by atoms with Gasteiger partial charge in [-0.3, -0.25) is 0 Å². The van der Waals surface area contributed by atoms with E-state index in [1.54, 1.807) is 36.6 Å². The van der Waals surface area contributed by atoms with Crippen molar-refractivity contribution in [2.75, 3.05) is 0 Å². The van der Waals surface area contributed by atoms with Crippen LogP contribution in [0.15, 0.2) is 44.9 Å². The number of hydrogen-bond donors (Lipinski definition) is 0. The number of carbonyl (C=O) groups excluding carboxylic acids is 1. The van der Waals surface area contributed by atoms with Crippen molar-refractivity contribution in [3.63, 3.8) is 0 Å². The second-order valence-electron chi connectivity index (χ2n) is 4.23. The molecule has 1 aromatic heterocycles. The molecule has 0 aliphatic heterocycles.